The number of aliphatic hydroxyl groups excluding tert-OH is 1. The summed E-state index contributed by atoms with van der Waals surface area (Å²) in [6.07, 6.45) is -0.644. The molecule has 1 atom stereocenters. The summed E-state index contributed by atoms with van der Waals surface area (Å²) >= 11 is 0. The van der Waals surface area contributed by atoms with E-state index in [0.717, 1.165) is 0 Å². The first-order chi connectivity index (χ1) is 7.82. The maximum atomic E-state index is 11.9. The first kappa shape index (κ1) is 13.4. The van der Waals surface area contributed by atoms with Crippen LogP contribution < -0.4 is 5.56 Å². The van der Waals surface area contributed by atoms with E-state index in [1.54, 1.807) is 20.8 Å². The van der Waals surface area contributed by atoms with Gasteiger partial charge in [-0.2, -0.15) is 0 Å². The average Bonchev–Trinajstić information content (AvgIpc) is 2.21. The third-order valence-electron chi connectivity index (χ3n) is 2.43. The number of amides is 1. The molecule has 1 aromatic heterocycles. The molecule has 1 rings (SSSR count). The number of likely N-dealkylation sites (N-methyl/N-ethyl adjacent to an activating group) is 1. The van der Waals surface area contributed by atoms with E-state index in [1.165, 1.54) is 11.9 Å². The Kier molecular flexibility index (Phi) is 4.01. The highest BCUT2D eigenvalue weighted by molar-refractivity contribution is 5.91. The van der Waals surface area contributed by atoms with Gasteiger partial charge in [-0.3, -0.25) is 9.59 Å². The van der Waals surface area contributed by atoms with E-state index < -0.39 is 17.6 Å². The normalized spacial score (nSPS) is 12.3. The number of aromatic amines is 1. The quantitative estimate of drug-likeness (QED) is 0.767. The van der Waals surface area contributed by atoms with Crippen LogP contribution in [-0.2, 0) is 0 Å². The van der Waals surface area contributed by atoms with Crippen LogP contribution in [0, 0.1) is 13.8 Å². The Labute approximate surface area is 99.3 Å². The zero-order valence-corrected chi connectivity index (χ0v) is 10.4. The van der Waals surface area contributed by atoms with Gasteiger partial charge in [0.15, 0.2) is 5.69 Å². The maximum absolute atomic E-state index is 11.9. The molecule has 1 unspecified atom stereocenters. The van der Waals surface area contributed by atoms with Crippen molar-refractivity contribution in [1.82, 2.24) is 14.9 Å². The number of aliphatic hydroxyl groups is 1. The van der Waals surface area contributed by atoms with E-state index in [4.69, 9.17) is 0 Å². The van der Waals surface area contributed by atoms with Crippen LogP contribution in [-0.4, -0.2) is 45.6 Å². The van der Waals surface area contributed by atoms with Crippen LogP contribution in [0.25, 0.3) is 0 Å². The van der Waals surface area contributed by atoms with Crippen LogP contribution in [0.3, 0.4) is 0 Å². The van der Waals surface area contributed by atoms with E-state index in [-0.39, 0.29) is 12.2 Å². The van der Waals surface area contributed by atoms with Crippen molar-refractivity contribution < 1.29 is 9.90 Å². The van der Waals surface area contributed by atoms with Crippen molar-refractivity contribution in [1.29, 1.82) is 0 Å². The average molecular weight is 239 g/mol. The molecule has 0 radical (unpaired) electrons. The summed E-state index contributed by atoms with van der Waals surface area (Å²) in [5.74, 6) is -0.491. The van der Waals surface area contributed by atoms with Gasteiger partial charge in [0.1, 0.15) is 0 Å². The van der Waals surface area contributed by atoms with Gasteiger partial charge in [0.25, 0.3) is 11.5 Å². The fourth-order valence-corrected chi connectivity index (χ4v) is 1.43. The summed E-state index contributed by atoms with van der Waals surface area (Å²) in [6, 6.07) is 0. The second-order valence-electron chi connectivity index (χ2n) is 4.16. The molecule has 6 heteroatoms. The Morgan fingerprint density at radius 2 is 2.12 bits per heavy atom. The minimum Gasteiger partial charge on any atom is -0.392 e. The van der Waals surface area contributed by atoms with Crippen molar-refractivity contribution in [2.75, 3.05) is 13.6 Å². The fraction of sp³-hybridized carbons (Fsp3) is 0.545. The van der Waals surface area contributed by atoms with Crippen molar-refractivity contribution in [3.05, 3.63) is 27.4 Å². The van der Waals surface area contributed by atoms with Crippen LogP contribution in [0.2, 0.25) is 0 Å². The van der Waals surface area contributed by atoms with Crippen molar-refractivity contribution in [2.24, 2.45) is 0 Å². The van der Waals surface area contributed by atoms with Gasteiger partial charge >= 0.3 is 0 Å². The molecule has 17 heavy (non-hydrogen) atoms. The molecule has 2 N–H and O–H groups in total. The van der Waals surface area contributed by atoms with Gasteiger partial charge in [0, 0.05) is 19.3 Å². The molecule has 0 aliphatic carbocycles. The van der Waals surface area contributed by atoms with E-state index >= 15 is 0 Å². The maximum Gasteiger partial charge on any atom is 0.279 e. The molecule has 1 aromatic rings. The molecule has 0 saturated carbocycles. The Hall–Kier alpha value is -1.69. The van der Waals surface area contributed by atoms with E-state index in [0.29, 0.717) is 11.4 Å². The number of nitrogens with zero attached hydrogens (tertiary/aromatic N) is 2. The molecule has 6 nitrogen and oxygen atoms in total. The van der Waals surface area contributed by atoms with E-state index in [1.807, 2.05) is 0 Å². The van der Waals surface area contributed by atoms with Gasteiger partial charge < -0.3 is 15.0 Å². The third-order valence-corrected chi connectivity index (χ3v) is 2.43. The summed E-state index contributed by atoms with van der Waals surface area (Å²) in [6.45, 7) is 5.17. The number of rotatable bonds is 3. The number of aromatic nitrogens is 2. The minimum absolute atomic E-state index is 0.142. The Balaban J connectivity index is 3.05. The molecular formula is C11H17N3O3. The summed E-state index contributed by atoms with van der Waals surface area (Å²) in [4.78, 5) is 31.3. The smallest absolute Gasteiger partial charge is 0.279 e. The van der Waals surface area contributed by atoms with Crippen molar-refractivity contribution in [2.45, 2.75) is 26.9 Å². The molecule has 0 saturated heterocycles. The largest absolute Gasteiger partial charge is 0.392 e. The van der Waals surface area contributed by atoms with Gasteiger partial charge in [-0.05, 0) is 20.8 Å². The highest BCUT2D eigenvalue weighted by Crippen LogP contribution is 2.00. The second-order valence-corrected chi connectivity index (χ2v) is 4.16. The second kappa shape index (κ2) is 5.09. The van der Waals surface area contributed by atoms with Crippen LogP contribution in [0.4, 0.5) is 0 Å². The molecule has 0 aliphatic rings. The fourth-order valence-electron chi connectivity index (χ4n) is 1.43. The topological polar surface area (TPSA) is 86.3 Å². The Morgan fingerprint density at radius 3 is 2.65 bits per heavy atom. The zero-order valence-electron chi connectivity index (χ0n) is 10.4. The lowest BCUT2D eigenvalue weighted by Gasteiger charge is -2.18. The van der Waals surface area contributed by atoms with Crippen molar-refractivity contribution >= 4 is 5.91 Å². The molecule has 0 fully saturated rings. The molecule has 0 aliphatic heterocycles. The number of nitrogens with one attached hydrogen (secondary N) is 1. The van der Waals surface area contributed by atoms with Crippen molar-refractivity contribution in [3.63, 3.8) is 0 Å². The third kappa shape index (κ3) is 3.13. The standard InChI is InChI=1S/C11H17N3O3/c1-6(15)5-14(4)11(17)9-10(16)13-8(3)7(2)12-9/h6,15H,5H2,1-4H3,(H,13,16). The van der Waals surface area contributed by atoms with Gasteiger partial charge in [-0.1, -0.05) is 0 Å². The monoisotopic (exact) mass is 239 g/mol. The summed E-state index contributed by atoms with van der Waals surface area (Å²) in [5, 5.41) is 9.19. The van der Waals surface area contributed by atoms with Gasteiger partial charge in [0.05, 0.1) is 11.8 Å². The molecular weight excluding hydrogens is 222 g/mol. The first-order valence-electron chi connectivity index (χ1n) is 5.34. The van der Waals surface area contributed by atoms with Crippen LogP contribution in [0.1, 0.15) is 28.8 Å². The summed E-state index contributed by atoms with van der Waals surface area (Å²) < 4.78 is 0. The number of carbonyl (C=O) groups is 1. The number of hydrogen-bond acceptors (Lipinski definition) is 4. The molecule has 0 spiro atoms. The van der Waals surface area contributed by atoms with E-state index in [2.05, 4.69) is 9.97 Å². The first-order valence-corrected chi connectivity index (χ1v) is 5.34. The summed E-state index contributed by atoms with van der Waals surface area (Å²) in [7, 11) is 1.52. The van der Waals surface area contributed by atoms with E-state index in [9.17, 15) is 14.7 Å². The molecule has 1 amide bonds. The molecule has 0 bridgehead atoms. The van der Waals surface area contributed by atoms with Crippen LogP contribution in [0.15, 0.2) is 4.79 Å². The van der Waals surface area contributed by atoms with Crippen LogP contribution in [0.5, 0.6) is 0 Å². The molecule has 1 heterocycles. The zero-order chi connectivity index (χ0) is 13.2. The number of H-pyrrole nitrogens is 1. The predicted molar refractivity (Wildman–Crippen MR) is 63.0 cm³/mol. The van der Waals surface area contributed by atoms with Gasteiger partial charge in [0.2, 0.25) is 0 Å². The summed E-state index contributed by atoms with van der Waals surface area (Å²) in [5.41, 5.74) is 0.606. The van der Waals surface area contributed by atoms with Gasteiger partial charge in [-0.15, -0.1) is 0 Å². The molecule has 0 aromatic carbocycles. The lowest BCUT2D eigenvalue weighted by Crippen LogP contribution is -2.37. The Morgan fingerprint density at radius 1 is 1.53 bits per heavy atom. The predicted octanol–water partition coefficient (Wildman–Crippen LogP) is -0.160. The number of hydrogen-bond donors (Lipinski definition) is 2. The highest BCUT2D eigenvalue weighted by Gasteiger charge is 2.19. The molecule has 94 valence electrons. The SMILES string of the molecule is Cc1nc(C(=O)N(C)CC(C)O)c(=O)[nH]c1C. The number of aryl methyl sites for hydroxylation is 2. The lowest BCUT2D eigenvalue weighted by molar-refractivity contribution is 0.0696. The van der Waals surface area contributed by atoms with Crippen molar-refractivity contribution in [3.8, 4) is 0 Å². The number of carbonyl (C=O) groups excluding carboxylic acids is 1. The lowest BCUT2D eigenvalue weighted by atomic mass is 10.3. The van der Waals surface area contributed by atoms with Gasteiger partial charge in [-0.25, -0.2) is 4.98 Å². The minimum atomic E-state index is -0.644. The van der Waals surface area contributed by atoms with Crippen LogP contribution >= 0.6 is 0 Å². The highest BCUT2D eigenvalue weighted by atomic mass is 16.3. The Bertz CT molecular complexity index is 479.